The van der Waals surface area contributed by atoms with E-state index in [0.717, 1.165) is 19.5 Å². The largest absolute Gasteiger partial charge is 0.390 e. The molecule has 1 heterocycles. The maximum atomic E-state index is 10.0. The molecular formula is C10H19NO. The summed E-state index contributed by atoms with van der Waals surface area (Å²) in [6.07, 6.45) is 4.81. The molecule has 2 unspecified atom stereocenters. The average molecular weight is 169 g/mol. The lowest BCUT2D eigenvalue weighted by Gasteiger charge is -2.35. The van der Waals surface area contributed by atoms with Crippen molar-refractivity contribution in [1.29, 1.82) is 0 Å². The molecule has 12 heavy (non-hydrogen) atoms. The standard InChI is InChI=1S/C10H19NO/c1-3-6-10(2,12)9-5-4-7-11-8-9/h3,9,11-12H,1,4-8H2,2H3. The normalized spacial score (nSPS) is 29.3. The summed E-state index contributed by atoms with van der Waals surface area (Å²) in [6, 6.07) is 0. The van der Waals surface area contributed by atoms with Crippen molar-refractivity contribution in [2.24, 2.45) is 5.92 Å². The Balaban J connectivity index is 2.47. The minimum atomic E-state index is -0.560. The molecule has 2 heteroatoms. The molecule has 1 saturated heterocycles. The van der Waals surface area contributed by atoms with Crippen molar-refractivity contribution in [3.8, 4) is 0 Å². The molecule has 0 bridgehead atoms. The van der Waals surface area contributed by atoms with Crippen molar-refractivity contribution in [2.75, 3.05) is 13.1 Å². The lowest BCUT2D eigenvalue weighted by Crippen LogP contribution is -2.43. The molecule has 0 saturated carbocycles. The zero-order chi connectivity index (χ0) is 9.03. The molecule has 0 amide bonds. The first-order chi connectivity index (χ1) is 5.67. The molecule has 0 aliphatic carbocycles. The second kappa shape index (κ2) is 4.06. The van der Waals surface area contributed by atoms with Gasteiger partial charge in [0.1, 0.15) is 0 Å². The molecule has 2 atom stereocenters. The van der Waals surface area contributed by atoms with Crippen LogP contribution in [0.2, 0.25) is 0 Å². The number of rotatable bonds is 3. The zero-order valence-electron chi connectivity index (χ0n) is 7.84. The van der Waals surface area contributed by atoms with Gasteiger partial charge in [-0.15, -0.1) is 6.58 Å². The van der Waals surface area contributed by atoms with Gasteiger partial charge in [0, 0.05) is 12.5 Å². The summed E-state index contributed by atoms with van der Waals surface area (Å²) in [6.45, 7) is 7.61. The highest BCUT2D eigenvalue weighted by Crippen LogP contribution is 2.26. The van der Waals surface area contributed by atoms with Gasteiger partial charge in [-0.3, -0.25) is 0 Å². The third kappa shape index (κ3) is 2.32. The van der Waals surface area contributed by atoms with Gasteiger partial charge in [0.05, 0.1) is 5.60 Å². The van der Waals surface area contributed by atoms with Crippen LogP contribution in [0.25, 0.3) is 0 Å². The Morgan fingerprint density at radius 2 is 2.50 bits per heavy atom. The van der Waals surface area contributed by atoms with Gasteiger partial charge in [-0.25, -0.2) is 0 Å². The Morgan fingerprint density at radius 1 is 1.75 bits per heavy atom. The zero-order valence-corrected chi connectivity index (χ0v) is 7.84. The van der Waals surface area contributed by atoms with Crippen LogP contribution >= 0.6 is 0 Å². The molecular weight excluding hydrogens is 150 g/mol. The number of nitrogens with one attached hydrogen (secondary N) is 1. The van der Waals surface area contributed by atoms with Crippen LogP contribution in [-0.2, 0) is 0 Å². The van der Waals surface area contributed by atoms with Gasteiger partial charge in [-0.05, 0) is 32.7 Å². The second-order valence-corrected chi connectivity index (χ2v) is 3.89. The fraction of sp³-hybridized carbons (Fsp3) is 0.800. The van der Waals surface area contributed by atoms with Gasteiger partial charge in [0.2, 0.25) is 0 Å². The second-order valence-electron chi connectivity index (χ2n) is 3.89. The van der Waals surface area contributed by atoms with Crippen LogP contribution in [0, 0.1) is 5.92 Å². The molecule has 1 fully saturated rings. The molecule has 2 N–H and O–H groups in total. The Kier molecular flexibility index (Phi) is 3.29. The summed E-state index contributed by atoms with van der Waals surface area (Å²) < 4.78 is 0. The van der Waals surface area contributed by atoms with Gasteiger partial charge in [0.15, 0.2) is 0 Å². The van der Waals surface area contributed by atoms with E-state index in [-0.39, 0.29) is 0 Å². The van der Waals surface area contributed by atoms with Crippen LogP contribution in [-0.4, -0.2) is 23.8 Å². The lowest BCUT2D eigenvalue weighted by molar-refractivity contribution is -0.00779. The van der Waals surface area contributed by atoms with E-state index < -0.39 is 5.60 Å². The lowest BCUT2D eigenvalue weighted by atomic mass is 9.81. The van der Waals surface area contributed by atoms with Crippen molar-refractivity contribution in [1.82, 2.24) is 5.32 Å². The third-order valence-corrected chi connectivity index (χ3v) is 2.73. The van der Waals surface area contributed by atoms with Gasteiger partial charge in [-0.1, -0.05) is 6.08 Å². The first-order valence-corrected chi connectivity index (χ1v) is 4.71. The molecule has 0 aromatic rings. The smallest absolute Gasteiger partial charge is 0.0694 e. The predicted octanol–water partition coefficient (Wildman–Crippen LogP) is 1.31. The van der Waals surface area contributed by atoms with Gasteiger partial charge in [-0.2, -0.15) is 0 Å². The van der Waals surface area contributed by atoms with E-state index in [1.165, 1.54) is 6.42 Å². The summed E-state index contributed by atoms with van der Waals surface area (Å²) in [7, 11) is 0. The van der Waals surface area contributed by atoms with Crippen molar-refractivity contribution < 1.29 is 5.11 Å². The number of aliphatic hydroxyl groups is 1. The van der Waals surface area contributed by atoms with E-state index in [0.29, 0.717) is 12.3 Å². The topological polar surface area (TPSA) is 32.3 Å². The van der Waals surface area contributed by atoms with Crippen molar-refractivity contribution >= 4 is 0 Å². The molecule has 1 aliphatic rings. The summed E-state index contributed by atoms with van der Waals surface area (Å²) >= 11 is 0. The first kappa shape index (κ1) is 9.75. The van der Waals surface area contributed by atoms with Crippen LogP contribution in [0.1, 0.15) is 26.2 Å². The van der Waals surface area contributed by atoms with Crippen LogP contribution in [0.15, 0.2) is 12.7 Å². The van der Waals surface area contributed by atoms with E-state index in [9.17, 15) is 5.11 Å². The predicted molar refractivity (Wildman–Crippen MR) is 51.0 cm³/mol. The van der Waals surface area contributed by atoms with Gasteiger partial charge < -0.3 is 10.4 Å². The van der Waals surface area contributed by atoms with Crippen molar-refractivity contribution in [3.05, 3.63) is 12.7 Å². The minimum Gasteiger partial charge on any atom is -0.390 e. The van der Waals surface area contributed by atoms with E-state index in [1.807, 2.05) is 6.92 Å². The highest BCUT2D eigenvalue weighted by Gasteiger charge is 2.31. The fourth-order valence-electron chi connectivity index (χ4n) is 1.84. The Labute approximate surface area is 74.7 Å². The molecule has 2 nitrogen and oxygen atoms in total. The van der Waals surface area contributed by atoms with Crippen LogP contribution in [0.5, 0.6) is 0 Å². The monoisotopic (exact) mass is 169 g/mol. The van der Waals surface area contributed by atoms with Crippen LogP contribution in [0.3, 0.4) is 0 Å². The molecule has 1 rings (SSSR count). The van der Waals surface area contributed by atoms with Crippen molar-refractivity contribution in [3.63, 3.8) is 0 Å². The Bertz CT molecular complexity index is 148. The number of hydrogen-bond acceptors (Lipinski definition) is 2. The van der Waals surface area contributed by atoms with E-state index >= 15 is 0 Å². The summed E-state index contributed by atoms with van der Waals surface area (Å²) in [4.78, 5) is 0. The summed E-state index contributed by atoms with van der Waals surface area (Å²) in [5, 5.41) is 13.3. The maximum absolute atomic E-state index is 10.0. The quantitative estimate of drug-likeness (QED) is 0.624. The molecule has 0 spiro atoms. The molecule has 0 radical (unpaired) electrons. The molecule has 1 aliphatic heterocycles. The minimum absolute atomic E-state index is 0.393. The highest BCUT2D eigenvalue weighted by molar-refractivity contribution is 4.90. The molecule has 70 valence electrons. The fourth-order valence-corrected chi connectivity index (χ4v) is 1.84. The van der Waals surface area contributed by atoms with Gasteiger partial charge >= 0.3 is 0 Å². The number of hydrogen-bond donors (Lipinski definition) is 2. The summed E-state index contributed by atoms with van der Waals surface area (Å²) in [5.74, 6) is 0.393. The van der Waals surface area contributed by atoms with Gasteiger partial charge in [0.25, 0.3) is 0 Å². The van der Waals surface area contributed by atoms with Crippen molar-refractivity contribution in [2.45, 2.75) is 31.8 Å². The third-order valence-electron chi connectivity index (χ3n) is 2.73. The van der Waals surface area contributed by atoms with E-state index in [4.69, 9.17) is 0 Å². The first-order valence-electron chi connectivity index (χ1n) is 4.71. The van der Waals surface area contributed by atoms with E-state index in [2.05, 4.69) is 11.9 Å². The highest BCUT2D eigenvalue weighted by atomic mass is 16.3. The van der Waals surface area contributed by atoms with Crippen LogP contribution in [0.4, 0.5) is 0 Å². The Morgan fingerprint density at radius 3 is 3.00 bits per heavy atom. The van der Waals surface area contributed by atoms with E-state index in [1.54, 1.807) is 6.08 Å². The van der Waals surface area contributed by atoms with Crippen LogP contribution < -0.4 is 5.32 Å². The number of piperidine rings is 1. The average Bonchev–Trinajstić information content (AvgIpc) is 2.06. The molecule has 0 aromatic heterocycles. The maximum Gasteiger partial charge on any atom is 0.0694 e. The Hall–Kier alpha value is -0.340. The summed E-state index contributed by atoms with van der Waals surface area (Å²) in [5.41, 5.74) is -0.560. The SMILES string of the molecule is C=CCC(C)(O)C1CCCNC1. The molecule has 0 aromatic carbocycles.